The summed E-state index contributed by atoms with van der Waals surface area (Å²) < 4.78 is 15.5. The van der Waals surface area contributed by atoms with Crippen molar-refractivity contribution in [2.45, 2.75) is 39.2 Å². The first-order chi connectivity index (χ1) is 18.5. The maximum atomic E-state index is 15.5. The third kappa shape index (κ3) is 5.43. The van der Waals surface area contributed by atoms with Gasteiger partial charge in [0.15, 0.2) is 0 Å². The van der Waals surface area contributed by atoms with Crippen LogP contribution < -0.4 is 20.9 Å². The SMILES string of the molecule is CCCNc1ccnc(Nc2ccc(C(=O)N(c3nccc4cccc(C)c34)[C@@H]3CCCNC3)c(F)c2)n1. The molecule has 8 nitrogen and oxygen atoms in total. The molecule has 0 spiro atoms. The van der Waals surface area contributed by atoms with Crippen molar-refractivity contribution in [3.05, 3.63) is 77.9 Å². The first-order valence-corrected chi connectivity index (χ1v) is 13.1. The number of rotatable bonds is 8. The van der Waals surface area contributed by atoms with Gasteiger partial charge in [-0.3, -0.25) is 9.69 Å². The van der Waals surface area contributed by atoms with E-state index < -0.39 is 11.7 Å². The van der Waals surface area contributed by atoms with E-state index in [1.807, 2.05) is 31.2 Å². The lowest BCUT2D eigenvalue weighted by Gasteiger charge is -2.35. The van der Waals surface area contributed by atoms with Crippen molar-refractivity contribution in [2.75, 3.05) is 35.2 Å². The standard InChI is InChI=1S/C29H32FN7O/c1-3-13-32-25-12-16-34-29(36-25)35-21-9-10-23(24(30)17-21)28(38)37(22-8-5-14-31-18-22)27-26-19(2)6-4-7-20(26)11-15-33-27/h4,6-7,9-12,15-17,22,31H,3,5,8,13-14,18H2,1-2H3,(H2,32,34,35,36)/t22-/m1/s1. The van der Waals surface area contributed by atoms with Gasteiger partial charge in [-0.15, -0.1) is 0 Å². The van der Waals surface area contributed by atoms with Crippen molar-refractivity contribution in [3.63, 3.8) is 0 Å². The molecule has 1 fully saturated rings. The third-order valence-corrected chi connectivity index (χ3v) is 6.73. The second-order valence-corrected chi connectivity index (χ2v) is 9.49. The van der Waals surface area contributed by atoms with Gasteiger partial charge < -0.3 is 16.0 Å². The predicted molar refractivity (Wildman–Crippen MR) is 150 cm³/mol. The smallest absolute Gasteiger partial charge is 0.262 e. The number of amides is 1. The van der Waals surface area contributed by atoms with E-state index in [2.05, 4.69) is 37.8 Å². The molecule has 1 atom stereocenters. The summed E-state index contributed by atoms with van der Waals surface area (Å²) in [5.41, 5.74) is 1.47. The number of carbonyl (C=O) groups is 1. The molecular formula is C29H32FN7O. The fraction of sp³-hybridized carbons (Fsp3) is 0.310. The van der Waals surface area contributed by atoms with Crippen LogP contribution in [-0.2, 0) is 0 Å². The van der Waals surface area contributed by atoms with Crippen molar-refractivity contribution in [1.82, 2.24) is 20.3 Å². The van der Waals surface area contributed by atoms with E-state index in [0.29, 0.717) is 29.8 Å². The number of fused-ring (bicyclic) bond motifs is 1. The van der Waals surface area contributed by atoms with Crippen LogP contribution in [0, 0.1) is 12.7 Å². The molecule has 0 bridgehead atoms. The second-order valence-electron chi connectivity index (χ2n) is 9.49. The van der Waals surface area contributed by atoms with Gasteiger partial charge in [0.25, 0.3) is 5.91 Å². The minimum absolute atomic E-state index is 0.00667. The van der Waals surface area contributed by atoms with E-state index in [-0.39, 0.29) is 11.6 Å². The van der Waals surface area contributed by atoms with Gasteiger partial charge in [-0.2, -0.15) is 4.98 Å². The Morgan fingerprint density at radius 1 is 1.16 bits per heavy atom. The number of halogens is 1. The first-order valence-electron chi connectivity index (χ1n) is 13.1. The van der Waals surface area contributed by atoms with Crippen molar-refractivity contribution in [2.24, 2.45) is 0 Å². The molecule has 0 saturated carbocycles. The first kappa shape index (κ1) is 25.5. The molecule has 2 aromatic carbocycles. The van der Waals surface area contributed by atoms with E-state index in [4.69, 9.17) is 0 Å². The Hall–Kier alpha value is -4.11. The van der Waals surface area contributed by atoms with Crippen LogP contribution in [0.2, 0.25) is 0 Å². The number of aryl methyl sites for hydroxylation is 1. The summed E-state index contributed by atoms with van der Waals surface area (Å²) in [4.78, 5) is 29.0. The van der Waals surface area contributed by atoms with E-state index in [1.54, 1.807) is 29.4 Å². The molecule has 5 rings (SSSR count). The number of benzene rings is 2. The zero-order valence-electron chi connectivity index (χ0n) is 21.7. The fourth-order valence-electron chi connectivity index (χ4n) is 4.85. The summed E-state index contributed by atoms with van der Waals surface area (Å²) in [6.45, 7) is 6.39. The van der Waals surface area contributed by atoms with E-state index in [1.165, 1.54) is 12.1 Å². The lowest BCUT2D eigenvalue weighted by atomic mass is 10.0. The molecule has 3 heterocycles. The number of carbonyl (C=O) groups excluding carboxylic acids is 1. The molecule has 1 amide bonds. The van der Waals surface area contributed by atoms with Crippen LogP contribution in [0.1, 0.15) is 42.1 Å². The number of piperidine rings is 1. The molecule has 2 aromatic heterocycles. The van der Waals surface area contributed by atoms with E-state index in [0.717, 1.165) is 48.7 Å². The summed E-state index contributed by atoms with van der Waals surface area (Å²) in [6, 6.07) is 14.1. The van der Waals surface area contributed by atoms with Crippen LogP contribution in [-0.4, -0.2) is 46.5 Å². The Morgan fingerprint density at radius 3 is 2.82 bits per heavy atom. The highest BCUT2D eigenvalue weighted by Gasteiger charge is 2.31. The molecule has 0 unspecified atom stereocenters. The van der Waals surface area contributed by atoms with Crippen molar-refractivity contribution >= 4 is 40.0 Å². The third-order valence-electron chi connectivity index (χ3n) is 6.73. The molecule has 1 aliphatic rings. The van der Waals surface area contributed by atoms with Crippen LogP contribution in [0.25, 0.3) is 10.8 Å². The Labute approximate surface area is 221 Å². The van der Waals surface area contributed by atoms with Crippen LogP contribution in [0.15, 0.2) is 60.9 Å². The highest BCUT2D eigenvalue weighted by molar-refractivity contribution is 6.11. The predicted octanol–water partition coefficient (Wildman–Crippen LogP) is 5.44. The van der Waals surface area contributed by atoms with Crippen LogP contribution >= 0.6 is 0 Å². The molecule has 3 N–H and O–H groups in total. The molecule has 0 aliphatic carbocycles. The Balaban J connectivity index is 1.47. The van der Waals surface area contributed by atoms with E-state index >= 15 is 4.39 Å². The van der Waals surface area contributed by atoms with Crippen molar-refractivity contribution in [1.29, 1.82) is 0 Å². The van der Waals surface area contributed by atoms with Crippen LogP contribution in [0.5, 0.6) is 0 Å². The van der Waals surface area contributed by atoms with Gasteiger partial charge in [-0.25, -0.2) is 14.4 Å². The monoisotopic (exact) mass is 513 g/mol. The minimum Gasteiger partial charge on any atom is -0.370 e. The fourth-order valence-corrected chi connectivity index (χ4v) is 4.85. The van der Waals surface area contributed by atoms with Gasteiger partial charge in [-0.05, 0) is 74.0 Å². The van der Waals surface area contributed by atoms with Crippen molar-refractivity contribution < 1.29 is 9.18 Å². The molecular weight excluding hydrogens is 481 g/mol. The number of nitrogens with zero attached hydrogens (tertiary/aromatic N) is 4. The lowest BCUT2D eigenvalue weighted by Crippen LogP contribution is -2.49. The molecule has 1 saturated heterocycles. The molecule has 196 valence electrons. The highest BCUT2D eigenvalue weighted by atomic mass is 19.1. The van der Waals surface area contributed by atoms with Gasteiger partial charge in [0.1, 0.15) is 17.5 Å². The van der Waals surface area contributed by atoms with Crippen molar-refractivity contribution in [3.8, 4) is 0 Å². The highest BCUT2D eigenvalue weighted by Crippen LogP contribution is 2.32. The topological polar surface area (TPSA) is 95.1 Å². The maximum Gasteiger partial charge on any atom is 0.262 e. The summed E-state index contributed by atoms with van der Waals surface area (Å²) in [6.07, 6.45) is 6.05. The maximum absolute atomic E-state index is 15.5. The summed E-state index contributed by atoms with van der Waals surface area (Å²) in [5.74, 6) is 0.561. The summed E-state index contributed by atoms with van der Waals surface area (Å²) in [5, 5.41) is 11.5. The average molecular weight is 514 g/mol. The number of hydrogen-bond donors (Lipinski definition) is 3. The molecule has 4 aromatic rings. The summed E-state index contributed by atoms with van der Waals surface area (Å²) in [7, 11) is 0. The minimum atomic E-state index is -0.619. The number of pyridine rings is 1. The molecule has 1 aliphatic heterocycles. The molecule has 0 radical (unpaired) electrons. The zero-order chi connectivity index (χ0) is 26.5. The Morgan fingerprint density at radius 2 is 2.03 bits per heavy atom. The quantitative estimate of drug-likeness (QED) is 0.289. The lowest BCUT2D eigenvalue weighted by molar-refractivity contribution is 0.0968. The molecule has 9 heteroatoms. The van der Waals surface area contributed by atoms with Crippen LogP contribution in [0.3, 0.4) is 0 Å². The van der Waals surface area contributed by atoms with E-state index in [9.17, 15) is 4.79 Å². The zero-order valence-corrected chi connectivity index (χ0v) is 21.7. The number of anilines is 4. The largest absolute Gasteiger partial charge is 0.370 e. The Kier molecular flexibility index (Phi) is 7.74. The van der Waals surface area contributed by atoms with Gasteiger partial charge >= 0.3 is 0 Å². The molecule has 38 heavy (non-hydrogen) atoms. The number of nitrogens with one attached hydrogen (secondary N) is 3. The number of hydrogen-bond acceptors (Lipinski definition) is 7. The van der Waals surface area contributed by atoms with Gasteiger partial charge in [0.2, 0.25) is 5.95 Å². The second kappa shape index (κ2) is 11.5. The number of aromatic nitrogens is 3. The Bertz CT molecular complexity index is 1430. The van der Waals surface area contributed by atoms with Gasteiger partial charge in [0.05, 0.1) is 11.6 Å². The van der Waals surface area contributed by atoms with Gasteiger partial charge in [0, 0.05) is 36.6 Å². The normalized spacial score (nSPS) is 15.3. The average Bonchev–Trinajstić information content (AvgIpc) is 2.93. The van der Waals surface area contributed by atoms with Gasteiger partial charge in [-0.1, -0.05) is 25.1 Å². The van der Waals surface area contributed by atoms with Crippen LogP contribution in [0.4, 0.5) is 27.7 Å². The summed E-state index contributed by atoms with van der Waals surface area (Å²) >= 11 is 0.